The standard InChI is InChI=1S/C13H13NOS/c1-9-3-4-11(10(2)7-9)12(15)8-13-14-5-6-16-13/h3-7H,8H2,1-2H3. The Morgan fingerprint density at radius 1 is 1.38 bits per heavy atom. The number of Topliss-reactive ketones (excluding diaryl/α,β-unsaturated/α-hetero) is 1. The summed E-state index contributed by atoms with van der Waals surface area (Å²) in [4.78, 5) is 16.1. The number of rotatable bonds is 3. The lowest BCUT2D eigenvalue weighted by molar-refractivity contribution is 0.0992. The Hall–Kier alpha value is -1.48. The highest BCUT2D eigenvalue weighted by Crippen LogP contribution is 2.14. The molecular weight excluding hydrogens is 218 g/mol. The van der Waals surface area contributed by atoms with Crippen LogP contribution in [0.15, 0.2) is 29.8 Å². The fourth-order valence-corrected chi connectivity index (χ4v) is 2.31. The van der Waals surface area contributed by atoms with E-state index in [1.165, 1.54) is 16.9 Å². The van der Waals surface area contributed by atoms with Crippen LogP contribution >= 0.6 is 11.3 Å². The van der Waals surface area contributed by atoms with E-state index < -0.39 is 0 Å². The first-order chi connectivity index (χ1) is 7.66. The Morgan fingerprint density at radius 2 is 2.19 bits per heavy atom. The molecule has 2 aromatic rings. The van der Waals surface area contributed by atoms with Crippen LogP contribution < -0.4 is 0 Å². The van der Waals surface area contributed by atoms with Gasteiger partial charge in [-0.1, -0.05) is 23.8 Å². The molecule has 0 saturated heterocycles. The summed E-state index contributed by atoms with van der Waals surface area (Å²) in [5.41, 5.74) is 3.03. The minimum atomic E-state index is 0.146. The molecule has 0 atom stereocenters. The van der Waals surface area contributed by atoms with Crippen molar-refractivity contribution >= 4 is 17.1 Å². The Bertz CT molecular complexity index is 503. The van der Waals surface area contributed by atoms with E-state index in [0.29, 0.717) is 6.42 Å². The largest absolute Gasteiger partial charge is 0.294 e. The van der Waals surface area contributed by atoms with Gasteiger partial charge in [-0.05, 0) is 19.4 Å². The Morgan fingerprint density at radius 3 is 2.81 bits per heavy atom. The summed E-state index contributed by atoms with van der Waals surface area (Å²) in [6.07, 6.45) is 2.14. The Labute approximate surface area is 99.0 Å². The summed E-state index contributed by atoms with van der Waals surface area (Å²) < 4.78 is 0. The predicted molar refractivity (Wildman–Crippen MR) is 66.1 cm³/mol. The molecule has 1 aromatic heterocycles. The lowest BCUT2D eigenvalue weighted by Gasteiger charge is -2.04. The van der Waals surface area contributed by atoms with Crippen LogP contribution in [0.4, 0.5) is 0 Å². The van der Waals surface area contributed by atoms with Gasteiger partial charge >= 0.3 is 0 Å². The van der Waals surface area contributed by atoms with Gasteiger partial charge in [0, 0.05) is 17.1 Å². The molecule has 2 rings (SSSR count). The first kappa shape index (κ1) is 11.0. The molecule has 0 amide bonds. The number of benzene rings is 1. The summed E-state index contributed by atoms with van der Waals surface area (Å²) >= 11 is 1.52. The van der Waals surface area contributed by atoms with Crippen LogP contribution in [0.1, 0.15) is 26.5 Å². The summed E-state index contributed by atoms with van der Waals surface area (Å²) in [5, 5.41) is 2.77. The Balaban J connectivity index is 2.21. The van der Waals surface area contributed by atoms with Gasteiger partial charge in [0.15, 0.2) is 5.78 Å². The van der Waals surface area contributed by atoms with Crippen molar-refractivity contribution in [3.63, 3.8) is 0 Å². The highest BCUT2D eigenvalue weighted by Gasteiger charge is 2.11. The zero-order valence-corrected chi connectivity index (χ0v) is 10.2. The predicted octanol–water partition coefficient (Wildman–Crippen LogP) is 3.19. The molecule has 82 valence electrons. The van der Waals surface area contributed by atoms with Crippen LogP contribution in [0.25, 0.3) is 0 Å². The molecule has 2 nitrogen and oxygen atoms in total. The zero-order chi connectivity index (χ0) is 11.5. The van der Waals surface area contributed by atoms with Crippen molar-refractivity contribution in [3.8, 4) is 0 Å². The quantitative estimate of drug-likeness (QED) is 0.759. The third-order valence-corrected chi connectivity index (χ3v) is 3.26. The second-order valence-corrected chi connectivity index (χ2v) is 4.82. The van der Waals surface area contributed by atoms with Crippen LogP contribution in [-0.4, -0.2) is 10.8 Å². The van der Waals surface area contributed by atoms with Crippen molar-refractivity contribution in [2.24, 2.45) is 0 Å². The van der Waals surface area contributed by atoms with Crippen molar-refractivity contribution in [1.29, 1.82) is 0 Å². The lowest BCUT2D eigenvalue weighted by Crippen LogP contribution is -2.05. The van der Waals surface area contributed by atoms with E-state index in [1.807, 2.05) is 37.4 Å². The number of aryl methyl sites for hydroxylation is 2. The van der Waals surface area contributed by atoms with E-state index in [0.717, 1.165) is 16.1 Å². The monoisotopic (exact) mass is 231 g/mol. The van der Waals surface area contributed by atoms with Crippen molar-refractivity contribution in [1.82, 2.24) is 4.98 Å². The number of hydrogen-bond donors (Lipinski definition) is 0. The van der Waals surface area contributed by atoms with Crippen LogP contribution in [0.3, 0.4) is 0 Å². The zero-order valence-electron chi connectivity index (χ0n) is 9.36. The van der Waals surface area contributed by atoms with Gasteiger partial charge in [0.25, 0.3) is 0 Å². The molecule has 0 aliphatic carbocycles. The third kappa shape index (κ3) is 2.36. The highest BCUT2D eigenvalue weighted by atomic mass is 32.1. The van der Waals surface area contributed by atoms with Gasteiger partial charge in [-0.3, -0.25) is 4.79 Å². The van der Waals surface area contributed by atoms with Crippen LogP contribution in [0, 0.1) is 13.8 Å². The number of hydrogen-bond acceptors (Lipinski definition) is 3. The summed E-state index contributed by atoms with van der Waals surface area (Å²) in [7, 11) is 0. The minimum Gasteiger partial charge on any atom is -0.294 e. The second-order valence-electron chi connectivity index (χ2n) is 3.84. The fraction of sp³-hybridized carbons (Fsp3) is 0.231. The van der Waals surface area contributed by atoms with Crippen molar-refractivity contribution in [2.75, 3.05) is 0 Å². The Kier molecular flexibility index (Phi) is 3.15. The van der Waals surface area contributed by atoms with Gasteiger partial charge in [0.05, 0.1) is 6.42 Å². The summed E-state index contributed by atoms with van der Waals surface area (Å²) in [6.45, 7) is 4.00. The van der Waals surface area contributed by atoms with Gasteiger partial charge in [-0.15, -0.1) is 11.3 Å². The second kappa shape index (κ2) is 4.58. The average Bonchev–Trinajstić information content (AvgIpc) is 2.70. The number of thiazole rings is 1. The highest BCUT2D eigenvalue weighted by molar-refractivity contribution is 7.09. The van der Waals surface area contributed by atoms with Crippen molar-refractivity contribution in [2.45, 2.75) is 20.3 Å². The number of carbonyl (C=O) groups excluding carboxylic acids is 1. The van der Waals surface area contributed by atoms with E-state index >= 15 is 0 Å². The number of carbonyl (C=O) groups is 1. The molecule has 1 heterocycles. The van der Waals surface area contributed by atoms with E-state index in [9.17, 15) is 4.79 Å². The van der Waals surface area contributed by atoms with Gasteiger partial charge in [-0.2, -0.15) is 0 Å². The maximum absolute atomic E-state index is 12.0. The molecule has 0 spiro atoms. The van der Waals surface area contributed by atoms with Gasteiger partial charge in [-0.25, -0.2) is 4.98 Å². The molecule has 0 fully saturated rings. The summed E-state index contributed by atoms with van der Waals surface area (Å²) in [5.74, 6) is 0.146. The van der Waals surface area contributed by atoms with Crippen molar-refractivity contribution in [3.05, 3.63) is 51.5 Å². The third-order valence-electron chi connectivity index (χ3n) is 2.48. The molecule has 16 heavy (non-hydrogen) atoms. The molecule has 0 bridgehead atoms. The molecule has 0 aliphatic heterocycles. The maximum Gasteiger partial charge on any atom is 0.169 e. The topological polar surface area (TPSA) is 30.0 Å². The number of nitrogens with zero attached hydrogens (tertiary/aromatic N) is 1. The van der Waals surface area contributed by atoms with Gasteiger partial charge < -0.3 is 0 Å². The normalized spacial score (nSPS) is 10.4. The molecule has 0 unspecified atom stereocenters. The van der Waals surface area contributed by atoms with Crippen molar-refractivity contribution < 1.29 is 4.79 Å². The average molecular weight is 231 g/mol. The van der Waals surface area contributed by atoms with E-state index in [-0.39, 0.29) is 5.78 Å². The smallest absolute Gasteiger partial charge is 0.169 e. The first-order valence-corrected chi connectivity index (χ1v) is 6.03. The first-order valence-electron chi connectivity index (χ1n) is 5.15. The lowest BCUT2D eigenvalue weighted by atomic mass is 10.0. The molecule has 0 N–H and O–H groups in total. The van der Waals surface area contributed by atoms with Crippen LogP contribution in [-0.2, 0) is 6.42 Å². The maximum atomic E-state index is 12.0. The van der Waals surface area contributed by atoms with E-state index in [1.54, 1.807) is 6.20 Å². The van der Waals surface area contributed by atoms with E-state index in [4.69, 9.17) is 0 Å². The van der Waals surface area contributed by atoms with Crippen LogP contribution in [0.2, 0.25) is 0 Å². The molecule has 0 aliphatic rings. The van der Waals surface area contributed by atoms with Gasteiger partial charge in [0.1, 0.15) is 5.01 Å². The summed E-state index contributed by atoms with van der Waals surface area (Å²) in [6, 6.07) is 5.91. The van der Waals surface area contributed by atoms with Crippen LogP contribution in [0.5, 0.6) is 0 Å². The van der Waals surface area contributed by atoms with E-state index in [2.05, 4.69) is 4.98 Å². The van der Waals surface area contributed by atoms with Gasteiger partial charge in [0.2, 0.25) is 0 Å². The molecule has 1 aromatic carbocycles. The fourth-order valence-electron chi connectivity index (χ4n) is 1.70. The molecular formula is C13H13NOS. The molecule has 0 radical (unpaired) electrons. The minimum absolute atomic E-state index is 0.146. The molecule has 0 saturated carbocycles. The number of aromatic nitrogens is 1. The number of ketones is 1. The molecule has 3 heteroatoms. The SMILES string of the molecule is Cc1ccc(C(=O)Cc2nccs2)c(C)c1.